The number of pyridine rings is 1. The molecular weight excluding hydrogens is 298 g/mol. The summed E-state index contributed by atoms with van der Waals surface area (Å²) >= 11 is 0. The molecule has 1 aliphatic rings. The van der Waals surface area contributed by atoms with Crippen LogP contribution >= 0.6 is 0 Å². The van der Waals surface area contributed by atoms with Gasteiger partial charge in [-0.15, -0.1) is 0 Å². The van der Waals surface area contributed by atoms with Gasteiger partial charge in [0.1, 0.15) is 6.61 Å². The minimum absolute atomic E-state index is 0.0157. The maximum Gasteiger partial charge on any atom is 0.254 e. The molecule has 0 aromatic carbocycles. The molecule has 0 bridgehead atoms. The molecule has 23 heavy (non-hydrogen) atoms. The van der Waals surface area contributed by atoms with E-state index in [9.17, 15) is 9.59 Å². The molecule has 1 aromatic rings. The van der Waals surface area contributed by atoms with E-state index in [1.807, 2.05) is 0 Å². The Bertz CT molecular complexity index is 509. The molecule has 1 fully saturated rings. The molecule has 0 atom stereocenters. The fraction of sp³-hybridized carbons (Fsp3) is 0.562. The number of methoxy groups -OCH3 is 1. The van der Waals surface area contributed by atoms with E-state index >= 15 is 0 Å². The van der Waals surface area contributed by atoms with Crippen molar-refractivity contribution in [3.05, 3.63) is 30.1 Å². The number of hydrogen-bond acceptors (Lipinski definition) is 5. The summed E-state index contributed by atoms with van der Waals surface area (Å²) in [5.74, 6) is -0.0580. The number of rotatable bonds is 6. The molecule has 0 spiro atoms. The molecule has 2 amide bonds. The van der Waals surface area contributed by atoms with Gasteiger partial charge in [0, 0.05) is 51.2 Å². The standard InChI is InChI=1S/C16H23N3O4/c1-22-11-12-23-13-15(20)18-7-2-8-19(10-9-18)16(21)14-3-5-17-6-4-14/h3-6H,2,7-13H2,1H3. The first kappa shape index (κ1) is 17.4. The van der Waals surface area contributed by atoms with E-state index in [4.69, 9.17) is 9.47 Å². The summed E-state index contributed by atoms with van der Waals surface area (Å²) in [5, 5.41) is 0. The van der Waals surface area contributed by atoms with Crippen molar-refractivity contribution in [3.63, 3.8) is 0 Å². The number of nitrogens with zero attached hydrogens (tertiary/aromatic N) is 3. The molecule has 0 unspecified atom stereocenters. The molecule has 2 rings (SSSR count). The van der Waals surface area contributed by atoms with Gasteiger partial charge >= 0.3 is 0 Å². The first-order valence-corrected chi connectivity index (χ1v) is 7.76. The maximum absolute atomic E-state index is 12.4. The third-order valence-corrected chi connectivity index (χ3v) is 3.72. The molecule has 1 aromatic heterocycles. The summed E-state index contributed by atoms with van der Waals surface area (Å²) in [4.78, 5) is 32.0. The summed E-state index contributed by atoms with van der Waals surface area (Å²) in [6.45, 7) is 3.29. The monoisotopic (exact) mass is 321 g/mol. The molecule has 0 saturated carbocycles. The number of amides is 2. The van der Waals surface area contributed by atoms with E-state index in [1.54, 1.807) is 41.4 Å². The van der Waals surface area contributed by atoms with Crippen LogP contribution in [0.15, 0.2) is 24.5 Å². The van der Waals surface area contributed by atoms with Gasteiger partial charge in [-0.1, -0.05) is 0 Å². The van der Waals surface area contributed by atoms with Crippen LogP contribution in [0.3, 0.4) is 0 Å². The van der Waals surface area contributed by atoms with Gasteiger partial charge in [-0.25, -0.2) is 0 Å². The molecule has 0 N–H and O–H groups in total. The summed E-state index contributed by atoms with van der Waals surface area (Å²) in [5.41, 5.74) is 0.627. The molecule has 1 saturated heterocycles. The van der Waals surface area contributed by atoms with Crippen molar-refractivity contribution in [2.45, 2.75) is 6.42 Å². The van der Waals surface area contributed by atoms with E-state index in [0.717, 1.165) is 6.42 Å². The third kappa shape index (κ3) is 5.30. The number of carbonyl (C=O) groups is 2. The number of hydrogen-bond donors (Lipinski definition) is 0. The lowest BCUT2D eigenvalue weighted by Gasteiger charge is -2.22. The minimum atomic E-state index is -0.0423. The van der Waals surface area contributed by atoms with Gasteiger partial charge in [0.05, 0.1) is 13.2 Å². The third-order valence-electron chi connectivity index (χ3n) is 3.72. The van der Waals surface area contributed by atoms with Crippen LogP contribution in [-0.4, -0.2) is 79.7 Å². The van der Waals surface area contributed by atoms with E-state index in [0.29, 0.717) is 45.0 Å². The molecular formula is C16H23N3O4. The Morgan fingerprint density at radius 1 is 1.09 bits per heavy atom. The summed E-state index contributed by atoms with van der Waals surface area (Å²) in [6, 6.07) is 3.42. The van der Waals surface area contributed by atoms with Gasteiger partial charge in [0.15, 0.2) is 0 Å². The molecule has 7 nitrogen and oxygen atoms in total. The Morgan fingerprint density at radius 2 is 1.78 bits per heavy atom. The van der Waals surface area contributed by atoms with Crippen LogP contribution in [0.4, 0.5) is 0 Å². The van der Waals surface area contributed by atoms with Crippen molar-refractivity contribution in [2.75, 3.05) is 53.1 Å². The summed E-state index contributed by atoms with van der Waals surface area (Å²) in [7, 11) is 1.59. The highest BCUT2D eigenvalue weighted by Crippen LogP contribution is 2.09. The lowest BCUT2D eigenvalue weighted by atomic mass is 10.2. The van der Waals surface area contributed by atoms with Crippen molar-refractivity contribution in [2.24, 2.45) is 0 Å². The summed E-state index contributed by atoms with van der Waals surface area (Å²) in [6.07, 6.45) is 3.98. The average molecular weight is 321 g/mol. The predicted molar refractivity (Wildman–Crippen MR) is 84.0 cm³/mol. The molecule has 2 heterocycles. The van der Waals surface area contributed by atoms with Crippen LogP contribution in [0.25, 0.3) is 0 Å². The van der Waals surface area contributed by atoms with Crippen LogP contribution in [-0.2, 0) is 14.3 Å². The van der Waals surface area contributed by atoms with Gasteiger partial charge in [-0.05, 0) is 18.6 Å². The molecule has 7 heteroatoms. The second kappa shape index (κ2) is 9.22. The van der Waals surface area contributed by atoms with Gasteiger partial charge in [0.2, 0.25) is 5.91 Å². The van der Waals surface area contributed by atoms with E-state index in [-0.39, 0.29) is 18.4 Å². The largest absolute Gasteiger partial charge is 0.382 e. The van der Waals surface area contributed by atoms with Crippen molar-refractivity contribution in [3.8, 4) is 0 Å². The van der Waals surface area contributed by atoms with Crippen molar-refractivity contribution in [1.82, 2.24) is 14.8 Å². The smallest absolute Gasteiger partial charge is 0.254 e. The lowest BCUT2D eigenvalue weighted by molar-refractivity contribution is -0.136. The average Bonchev–Trinajstić information content (AvgIpc) is 2.85. The number of carbonyl (C=O) groups excluding carboxylic acids is 2. The summed E-state index contributed by atoms with van der Waals surface area (Å²) < 4.78 is 10.1. The van der Waals surface area contributed by atoms with Gasteiger partial charge in [-0.2, -0.15) is 0 Å². The van der Waals surface area contributed by atoms with Crippen molar-refractivity contribution >= 4 is 11.8 Å². The fourth-order valence-corrected chi connectivity index (χ4v) is 2.44. The van der Waals surface area contributed by atoms with E-state index in [1.165, 1.54) is 0 Å². The zero-order chi connectivity index (χ0) is 16.5. The molecule has 0 radical (unpaired) electrons. The first-order chi connectivity index (χ1) is 11.2. The zero-order valence-electron chi connectivity index (χ0n) is 13.4. The molecule has 0 aliphatic carbocycles. The minimum Gasteiger partial charge on any atom is -0.382 e. The Morgan fingerprint density at radius 3 is 2.52 bits per heavy atom. The van der Waals surface area contributed by atoms with Crippen molar-refractivity contribution in [1.29, 1.82) is 0 Å². The number of aromatic nitrogens is 1. The second-order valence-corrected chi connectivity index (χ2v) is 5.31. The SMILES string of the molecule is COCCOCC(=O)N1CCCN(C(=O)c2ccncc2)CC1. The Labute approximate surface area is 136 Å². The van der Waals surface area contributed by atoms with Gasteiger partial charge in [-0.3, -0.25) is 14.6 Å². The first-order valence-electron chi connectivity index (χ1n) is 7.76. The van der Waals surface area contributed by atoms with Crippen LogP contribution in [0, 0.1) is 0 Å². The Balaban J connectivity index is 1.82. The molecule has 126 valence electrons. The second-order valence-electron chi connectivity index (χ2n) is 5.31. The zero-order valence-corrected chi connectivity index (χ0v) is 13.4. The lowest BCUT2D eigenvalue weighted by Crippen LogP contribution is -2.39. The Kier molecular flexibility index (Phi) is 6.96. The molecule has 1 aliphatic heterocycles. The van der Waals surface area contributed by atoms with Crippen LogP contribution in [0.2, 0.25) is 0 Å². The van der Waals surface area contributed by atoms with E-state index in [2.05, 4.69) is 4.98 Å². The van der Waals surface area contributed by atoms with Crippen molar-refractivity contribution < 1.29 is 19.1 Å². The van der Waals surface area contributed by atoms with Crippen LogP contribution in [0.1, 0.15) is 16.8 Å². The quantitative estimate of drug-likeness (QED) is 0.710. The van der Waals surface area contributed by atoms with Gasteiger partial charge < -0.3 is 19.3 Å². The number of ether oxygens (including phenoxy) is 2. The normalized spacial score (nSPS) is 15.3. The van der Waals surface area contributed by atoms with Crippen LogP contribution in [0.5, 0.6) is 0 Å². The topological polar surface area (TPSA) is 72.0 Å². The fourth-order valence-electron chi connectivity index (χ4n) is 2.44. The Hall–Kier alpha value is -1.99. The highest BCUT2D eigenvalue weighted by molar-refractivity contribution is 5.94. The van der Waals surface area contributed by atoms with E-state index < -0.39 is 0 Å². The highest BCUT2D eigenvalue weighted by Gasteiger charge is 2.22. The predicted octanol–water partition coefficient (Wildman–Crippen LogP) is 0.419. The van der Waals surface area contributed by atoms with Crippen LogP contribution < -0.4 is 0 Å². The maximum atomic E-state index is 12.4. The highest BCUT2D eigenvalue weighted by atomic mass is 16.5. The van der Waals surface area contributed by atoms with Gasteiger partial charge in [0.25, 0.3) is 5.91 Å².